The summed E-state index contributed by atoms with van der Waals surface area (Å²) in [5.74, 6) is 0.685. The van der Waals surface area contributed by atoms with Crippen LogP contribution in [0, 0.1) is 0 Å². The Morgan fingerprint density at radius 3 is 2.53 bits per heavy atom. The minimum Gasteiger partial charge on any atom is -0.497 e. The largest absolute Gasteiger partial charge is 0.497 e. The third-order valence-corrected chi connectivity index (χ3v) is 5.00. The smallest absolute Gasteiger partial charge is 0.244 e. The Morgan fingerprint density at radius 2 is 1.82 bits per heavy atom. The normalized spacial score (nSPS) is 10.9. The van der Waals surface area contributed by atoms with Gasteiger partial charge in [-0.25, -0.2) is 4.68 Å². The molecule has 0 fully saturated rings. The van der Waals surface area contributed by atoms with Gasteiger partial charge >= 0.3 is 0 Å². The number of para-hydroxylation sites is 1. The Labute approximate surface area is 196 Å². The zero-order valence-corrected chi connectivity index (χ0v) is 18.6. The van der Waals surface area contributed by atoms with Crippen LogP contribution in [-0.4, -0.2) is 35.2 Å². The number of ether oxygens (including phenoxy) is 1. The summed E-state index contributed by atoms with van der Waals surface area (Å²) in [6.45, 7) is 0.125. The molecule has 8 nitrogen and oxygen atoms in total. The summed E-state index contributed by atoms with van der Waals surface area (Å²) in [6.07, 6.45) is 6.46. The zero-order valence-electron chi connectivity index (χ0n) is 18.6. The minimum absolute atomic E-state index is 0.140. The quantitative estimate of drug-likeness (QED) is 0.375. The summed E-state index contributed by atoms with van der Waals surface area (Å²) >= 11 is 0. The molecule has 4 rings (SSSR count). The van der Waals surface area contributed by atoms with Crippen molar-refractivity contribution in [1.82, 2.24) is 20.4 Å². The number of hydrogen-bond donors (Lipinski definition) is 2. The molecule has 0 spiro atoms. The van der Waals surface area contributed by atoms with E-state index in [1.165, 1.54) is 12.3 Å². The lowest BCUT2D eigenvalue weighted by Crippen LogP contribution is -2.35. The van der Waals surface area contributed by atoms with Crippen LogP contribution in [0.4, 0.5) is 0 Å². The lowest BCUT2D eigenvalue weighted by Gasteiger charge is -2.04. The number of methoxy groups -OCH3 is 1. The Bertz CT molecular complexity index is 1260. The first-order chi connectivity index (χ1) is 16.6. The molecule has 34 heavy (non-hydrogen) atoms. The predicted molar refractivity (Wildman–Crippen MR) is 128 cm³/mol. The van der Waals surface area contributed by atoms with E-state index < -0.39 is 0 Å². The average Bonchev–Trinajstić information content (AvgIpc) is 3.56. The number of amides is 2. The Kier molecular flexibility index (Phi) is 7.19. The van der Waals surface area contributed by atoms with Crippen LogP contribution in [0.15, 0.2) is 89.7 Å². The SMILES string of the molecule is COc1ccc(-c2nn(-c3ccccc3)cc2/C=C/C(=O)NCC(=O)NCc2ccco2)cc1. The number of carbonyl (C=O) groups excluding carboxylic acids is 2. The van der Waals surface area contributed by atoms with E-state index in [4.69, 9.17) is 14.3 Å². The van der Waals surface area contributed by atoms with Gasteiger partial charge in [0.1, 0.15) is 11.5 Å². The van der Waals surface area contributed by atoms with E-state index in [0.29, 0.717) is 11.5 Å². The molecule has 0 aliphatic heterocycles. The average molecular weight is 457 g/mol. The molecule has 4 aromatic rings. The maximum atomic E-state index is 12.3. The van der Waals surface area contributed by atoms with Gasteiger partial charge in [-0.1, -0.05) is 18.2 Å². The van der Waals surface area contributed by atoms with E-state index in [9.17, 15) is 9.59 Å². The molecule has 0 atom stereocenters. The molecule has 0 unspecified atom stereocenters. The van der Waals surface area contributed by atoms with Gasteiger partial charge in [-0.3, -0.25) is 9.59 Å². The van der Waals surface area contributed by atoms with Gasteiger partial charge in [0.2, 0.25) is 11.8 Å². The monoisotopic (exact) mass is 456 g/mol. The second kappa shape index (κ2) is 10.8. The second-order valence-corrected chi connectivity index (χ2v) is 7.35. The highest BCUT2D eigenvalue weighted by Gasteiger charge is 2.12. The highest BCUT2D eigenvalue weighted by Crippen LogP contribution is 2.26. The van der Waals surface area contributed by atoms with Crippen LogP contribution in [-0.2, 0) is 16.1 Å². The number of nitrogens with zero attached hydrogens (tertiary/aromatic N) is 2. The minimum atomic E-state index is -0.388. The molecule has 2 aromatic carbocycles. The van der Waals surface area contributed by atoms with E-state index in [1.54, 1.807) is 30.0 Å². The van der Waals surface area contributed by atoms with Crippen molar-refractivity contribution >= 4 is 17.9 Å². The summed E-state index contributed by atoms with van der Waals surface area (Å²) in [6, 6.07) is 20.8. The van der Waals surface area contributed by atoms with Crippen molar-refractivity contribution in [1.29, 1.82) is 0 Å². The van der Waals surface area contributed by atoms with Crippen molar-refractivity contribution in [3.63, 3.8) is 0 Å². The van der Waals surface area contributed by atoms with Crippen LogP contribution < -0.4 is 15.4 Å². The van der Waals surface area contributed by atoms with E-state index >= 15 is 0 Å². The molecular formula is C26H24N4O4. The Hall–Kier alpha value is -4.59. The number of furan rings is 1. The number of rotatable bonds is 9. The van der Waals surface area contributed by atoms with Crippen molar-refractivity contribution < 1.29 is 18.7 Å². The molecule has 8 heteroatoms. The van der Waals surface area contributed by atoms with Crippen LogP contribution in [0.1, 0.15) is 11.3 Å². The highest BCUT2D eigenvalue weighted by molar-refractivity contribution is 5.95. The van der Waals surface area contributed by atoms with Crippen LogP contribution in [0.25, 0.3) is 23.0 Å². The lowest BCUT2D eigenvalue weighted by atomic mass is 10.1. The van der Waals surface area contributed by atoms with E-state index in [-0.39, 0.29) is 24.9 Å². The number of hydrogen-bond acceptors (Lipinski definition) is 5. The van der Waals surface area contributed by atoms with Gasteiger partial charge in [0.25, 0.3) is 0 Å². The molecule has 0 aliphatic carbocycles. The van der Waals surface area contributed by atoms with Crippen LogP contribution in [0.5, 0.6) is 5.75 Å². The molecule has 2 heterocycles. The van der Waals surface area contributed by atoms with Crippen molar-refractivity contribution in [2.75, 3.05) is 13.7 Å². The van der Waals surface area contributed by atoms with Gasteiger partial charge in [0.05, 0.1) is 37.8 Å². The zero-order chi connectivity index (χ0) is 23.8. The molecule has 2 N–H and O–H groups in total. The van der Waals surface area contributed by atoms with Gasteiger partial charge in [-0.2, -0.15) is 5.10 Å². The first-order valence-electron chi connectivity index (χ1n) is 10.7. The molecule has 0 radical (unpaired) electrons. The van der Waals surface area contributed by atoms with Gasteiger partial charge in [-0.15, -0.1) is 0 Å². The molecule has 0 saturated carbocycles. The fourth-order valence-electron chi connectivity index (χ4n) is 3.25. The van der Waals surface area contributed by atoms with E-state index in [0.717, 1.165) is 22.6 Å². The van der Waals surface area contributed by atoms with Crippen LogP contribution in [0.3, 0.4) is 0 Å². The summed E-state index contributed by atoms with van der Waals surface area (Å²) in [4.78, 5) is 24.3. The molecular weight excluding hydrogens is 432 g/mol. The second-order valence-electron chi connectivity index (χ2n) is 7.35. The van der Waals surface area contributed by atoms with Gasteiger partial charge in [0.15, 0.2) is 0 Å². The number of carbonyl (C=O) groups is 2. The topological polar surface area (TPSA) is 98.4 Å². The highest BCUT2D eigenvalue weighted by atomic mass is 16.5. The van der Waals surface area contributed by atoms with Crippen molar-refractivity contribution in [2.24, 2.45) is 0 Å². The first kappa shape index (κ1) is 22.6. The van der Waals surface area contributed by atoms with E-state index in [2.05, 4.69) is 10.6 Å². The van der Waals surface area contributed by atoms with Crippen molar-refractivity contribution in [2.45, 2.75) is 6.54 Å². The summed E-state index contributed by atoms with van der Waals surface area (Å²) in [5, 5.41) is 9.99. The standard InChI is InChI=1S/C26H24N4O4/c1-33-22-12-9-19(10-13-22)26-20(18-30(29-26)21-6-3-2-4-7-21)11-14-24(31)28-17-25(32)27-16-23-8-5-15-34-23/h2-15,18H,16-17H2,1H3,(H,27,32)(H,28,31)/b14-11+. The van der Waals surface area contributed by atoms with Gasteiger partial charge < -0.3 is 19.8 Å². The van der Waals surface area contributed by atoms with Crippen molar-refractivity contribution in [3.8, 4) is 22.7 Å². The van der Waals surface area contributed by atoms with Crippen LogP contribution in [0.2, 0.25) is 0 Å². The van der Waals surface area contributed by atoms with Crippen LogP contribution >= 0.6 is 0 Å². The molecule has 0 saturated heterocycles. The third kappa shape index (κ3) is 5.80. The molecule has 0 bridgehead atoms. The van der Waals surface area contributed by atoms with E-state index in [1.807, 2.05) is 60.8 Å². The fourth-order valence-corrected chi connectivity index (χ4v) is 3.25. The summed E-state index contributed by atoms with van der Waals surface area (Å²) < 4.78 is 12.2. The number of nitrogens with one attached hydrogen (secondary N) is 2. The van der Waals surface area contributed by atoms with Gasteiger partial charge in [-0.05, 0) is 54.6 Å². The molecule has 2 amide bonds. The first-order valence-corrected chi connectivity index (χ1v) is 10.7. The third-order valence-electron chi connectivity index (χ3n) is 5.00. The lowest BCUT2D eigenvalue weighted by molar-refractivity contribution is -0.124. The maximum Gasteiger partial charge on any atom is 0.244 e. The van der Waals surface area contributed by atoms with Crippen molar-refractivity contribution in [3.05, 3.63) is 96.6 Å². The predicted octanol–water partition coefficient (Wildman–Crippen LogP) is 3.59. The molecule has 172 valence electrons. The number of benzene rings is 2. The Balaban J connectivity index is 1.46. The summed E-state index contributed by atoms with van der Waals surface area (Å²) in [7, 11) is 1.61. The fraction of sp³-hybridized carbons (Fsp3) is 0.115. The summed E-state index contributed by atoms with van der Waals surface area (Å²) in [5.41, 5.74) is 3.25. The maximum absolute atomic E-state index is 12.3. The molecule has 2 aromatic heterocycles. The van der Waals surface area contributed by atoms with Gasteiger partial charge in [0, 0.05) is 23.4 Å². The number of aromatic nitrogens is 2. The Morgan fingerprint density at radius 1 is 1.03 bits per heavy atom. The molecule has 0 aliphatic rings.